The first-order chi connectivity index (χ1) is 10.1. The van der Waals surface area contributed by atoms with E-state index in [1.54, 1.807) is 24.3 Å². The normalized spacial score (nSPS) is 10.1. The van der Waals surface area contributed by atoms with Crippen molar-refractivity contribution in [1.29, 1.82) is 0 Å². The highest BCUT2D eigenvalue weighted by atomic mass is 19.1. The van der Waals surface area contributed by atoms with E-state index in [0.29, 0.717) is 24.3 Å². The molecule has 0 aliphatic carbocycles. The van der Waals surface area contributed by atoms with Gasteiger partial charge in [-0.1, -0.05) is 6.42 Å². The number of benzene rings is 1. The third-order valence-corrected chi connectivity index (χ3v) is 2.82. The molecule has 0 saturated heterocycles. The minimum Gasteiger partial charge on any atom is -0.491 e. The van der Waals surface area contributed by atoms with E-state index in [0.717, 1.165) is 12.8 Å². The van der Waals surface area contributed by atoms with Gasteiger partial charge in [0.2, 0.25) is 0 Å². The summed E-state index contributed by atoms with van der Waals surface area (Å²) in [5, 5.41) is 11.2. The van der Waals surface area contributed by atoms with E-state index in [1.807, 2.05) is 0 Å². The molecule has 0 heterocycles. The van der Waals surface area contributed by atoms with Crippen LogP contribution in [-0.2, 0) is 4.79 Å². The maximum absolute atomic E-state index is 11.9. The summed E-state index contributed by atoms with van der Waals surface area (Å²) >= 11 is 0. The molecule has 1 aromatic carbocycles. The van der Waals surface area contributed by atoms with Crippen LogP contribution >= 0.6 is 0 Å². The molecule has 6 heteroatoms. The summed E-state index contributed by atoms with van der Waals surface area (Å²) in [5.41, 5.74) is 0.508. The van der Waals surface area contributed by atoms with Gasteiger partial charge in [-0.05, 0) is 37.1 Å². The molecular formula is C15H20FNO4. The molecule has 0 radical (unpaired) electrons. The fourth-order valence-corrected chi connectivity index (χ4v) is 1.74. The molecule has 0 aliphatic heterocycles. The second-order valence-electron chi connectivity index (χ2n) is 4.52. The molecule has 0 bridgehead atoms. The van der Waals surface area contributed by atoms with Crippen molar-refractivity contribution in [1.82, 2.24) is 5.32 Å². The van der Waals surface area contributed by atoms with Crippen molar-refractivity contribution < 1.29 is 23.8 Å². The largest absolute Gasteiger partial charge is 0.491 e. The number of aliphatic carboxylic acids is 1. The molecule has 1 rings (SSSR count). The number of hydrogen-bond acceptors (Lipinski definition) is 3. The molecule has 0 saturated carbocycles. The van der Waals surface area contributed by atoms with Gasteiger partial charge in [0.05, 0.1) is 0 Å². The van der Waals surface area contributed by atoms with E-state index < -0.39 is 12.6 Å². The van der Waals surface area contributed by atoms with Gasteiger partial charge in [0.15, 0.2) is 0 Å². The summed E-state index contributed by atoms with van der Waals surface area (Å²) in [7, 11) is 0. The van der Waals surface area contributed by atoms with Crippen molar-refractivity contribution >= 4 is 11.9 Å². The van der Waals surface area contributed by atoms with Gasteiger partial charge in [0, 0.05) is 18.5 Å². The highest BCUT2D eigenvalue weighted by Crippen LogP contribution is 2.12. The van der Waals surface area contributed by atoms with E-state index in [2.05, 4.69) is 5.32 Å². The summed E-state index contributed by atoms with van der Waals surface area (Å²) in [6, 6.07) is 6.48. The van der Waals surface area contributed by atoms with Crippen molar-refractivity contribution in [2.45, 2.75) is 25.7 Å². The third kappa shape index (κ3) is 7.29. The van der Waals surface area contributed by atoms with Gasteiger partial charge in [-0.3, -0.25) is 9.59 Å². The second-order valence-corrected chi connectivity index (χ2v) is 4.52. The topological polar surface area (TPSA) is 75.6 Å². The van der Waals surface area contributed by atoms with Crippen LogP contribution in [0.4, 0.5) is 4.39 Å². The number of alkyl halides is 1. The fourth-order valence-electron chi connectivity index (χ4n) is 1.74. The number of ether oxygens (including phenoxy) is 1. The number of hydrogen-bond donors (Lipinski definition) is 2. The van der Waals surface area contributed by atoms with Gasteiger partial charge in [-0.25, -0.2) is 4.39 Å². The molecule has 21 heavy (non-hydrogen) atoms. The summed E-state index contributed by atoms with van der Waals surface area (Å²) in [5.74, 6) is -0.461. The van der Waals surface area contributed by atoms with Crippen molar-refractivity contribution in [3.05, 3.63) is 29.8 Å². The lowest BCUT2D eigenvalue weighted by Crippen LogP contribution is -2.24. The van der Waals surface area contributed by atoms with Gasteiger partial charge < -0.3 is 15.2 Å². The quantitative estimate of drug-likeness (QED) is 0.650. The maximum Gasteiger partial charge on any atom is 0.303 e. The van der Waals surface area contributed by atoms with E-state index in [-0.39, 0.29) is 18.9 Å². The number of halogens is 1. The molecule has 0 aromatic heterocycles. The first kappa shape index (κ1) is 16.9. The van der Waals surface area contributed by atoms with Crippen LogP contribution in [0.3, 0.4) is 0 Å². The maximum atomic E-state index is 11.9. The minimum atomic E-state index is -0.797. The van der Waals surface area contributed by atoms with E-state index in [9.17, 15) is 14.0 Å². The predicted octanol–water partition coefficient (Wildman–Crippen LogP) is 2.41. The standard InChI is InChI=1S/C15H20FNO4/c16-9-11-21-13-7-5-12(6-8-13)15(20)17-10-3-1-2-4-14(18)19/h5-8H,1-4,9-11H2,(H,17,20)(H,18,19). The molecule has 116 valence electrons. The smallest absolute Gasteiger partial charge is 0.303 e. The Morgan fingerprint density at radius 3 is 2.48 bits per heavy atom. The molecular weight excluding hydrogens is 277 g/mol. The van der Waals surface area contributed by atoms with Crippen LogP contribution in [0.15, 0.2) is 24.3 Å². The lowest BCUT2D eigenvalue weighted by atomic mass is 10.2. The summed E-state index contributed by atoms with van der Waals surface area (Å²) < 4.78 is 17.0. The second kappa shape index (κ2) is 9.74. The van der Waals surface area contributed by atoms with Crippen LogP contribution < -0.4 is 10.1 Å². The number of carboxylic acids is 1. The highest BCUT2D eigenvalue weighted by Gasteiger charge is 2.05. The number of rotatable bonds is 10. The van der Waals surface area contributed by atoms with Crippen LogP contribution in [0.1, 0.15) is 36.0 Å². The molecule has 0 unspecified atom stereocenters. The Labute approximate surface area is 123 Å². The fraction of sp³-hybridized carbons (Fsp3) is 0.467. The molecule has 0 fully saturated rings. The zero-order valence-corrected chi connectivity index (χ0v) is 11.8. The average Bonchev–Trinajstić information content (AvgIpc) is 2.48. The summed E-state index contributed by atoms with van der Waals surface area (Å²) in [6.07, 6.45) is 2.29. The van der Waals surface area contributed by atoms with Crippen molar-refractivity contribution in [3.63, 3.8) is 0 Å². The Balaban J connectivity index is 2.24. The van der Waals surface area contributed by atoms with Gasteiger partial charge in [0.25, 0.3) is 5.91 Å². The number of unbranched alkanes of at least 4 members (excludes halogenated alkanes) is 2. The zero-order valence-electron chi connectivity index (χ0n) is 11.8. The molecule has 5 nitrogen and oxygen atoms in total. The van der Waals surface area contributed by atoms with E-state index in [4.69, 9.17) is 9.84 Å². The van der Waals surface area contributed by atoms with Crippen molar-refractivity contribution in [3.8, 4) is 5.75 Å². The lowest BCUT2D eigenvalue weighted by Gasteiger charge is -2.07. The van der Waals surface area contributed by atoms with Gasteiger partial charge >= 0.3 is 5.97 Å². The lowest BCUT2D eigenvalue weighted by molar-refractivity contribution is -0.137. The van der Waals surface area contributed by atoms with Crippen LogP contribution in [0, 0.1) is 0 Å². The first-order valence-electron chi connectivity index (χ1n) is 6.92. The van der Waals surface area contributed by atoms with Crippen molar-refractivity contribution in [2.24, 2.45) is 0 Å². The highest BCUT2D eigenvalue weighted by molar-refractivity contribution is 5.94. The van der Waals surface area contributed by atoms with Crippen LogP contribution in [0.5, 0.6) is 5.75 Å². The number of amides is 1. The Morgan fingerprint density at radius 1 is 1.14 bits per heavy atom. The number of carboxylic acid groups (broad SMARTS) is 1. The number of carbonyl (C=O) groups is 2. The Hall–Kier alpha value is -2.11. The molecule has 0 atom stereocenters. The Bertz CT molecular complexity index is 447. The van der Waals surface area contributed by atoms with Crippen LogP contribution in [0.25, 0.3) is 0 Å². The molecule has 0 aliphatic rings. The van der Waals surface area contributed by atoms with Crippen LogP contribution in [0.2, 0.25) is 0 Å². The Kier molecular flexibility index (Phi) is 7.86. The van der Waals surface area contributed by atoms with Crippen LogP contribution in [-0.4, -0.2) is 36.8 Å². The van der Waals surface area contributed by atoms with Crippen molar-refractivity contribution in [2.75, 3.05) is 19.8 Å². The van der Waals surface area contributed by atoms with Gasteiger partial charge in [-0.2, -0.15) is 0 Å². The molecule has 0 spiro atoms. The minimum absolute atomic E-state index is 0.00187. The number of carbonyl (C=O) groups excluding carboxylic acids is 1. The summed E-state index contributed by atoms with van der Waals surface area (Å²) in [4.78, 5) is 22.1. The predicted molar refractivity (Wildman–Crippen MR) is 76.3 cm³/mol. The van der Waals surface area contributed by atoms with Gasteiger partial charge in [0.1, 0.15) is 19.0 Å². The number of nitrogens with one attached hydrogen (secondary N) is 1. The zero-order chi connectivity index (χ0) is 15.5. The Morgan fingerprint density at radius 2 is 1.86 bits per heavy atom. The SMILES string of the molecule is O=C(O)CCCCCNC(=O)c1ccc(OCCF)cc1. The van der Waals surface area contributed by atoms with E-state index >= 15 is 0 Å². The molecule has 2 N–H and O–H groups in total. The monoisotopic (exact) mass is 297 g/mol. The van der Waals surface area contributed by atoms with Gasteiger partial charge in [-0.15, -0.1) is 0 Å². The molecule has 1 aromatic rings. The first-order valence-corrected chi connectivity index (χ1v) is 6.92. The summed E-state index contributed by atoms with van der Waals surface area (Å²) in [6.45, 7) is -0.0371. The third-order valence-electron chi connectivity index (χ3n) is 2.82. The molecule has 1 amide bonds. The average molecular weight is 297 g/mol. The van der Waals surface area contributed by atoms with E-state index in [1.165, 1.54) is 0 Å².